The van der Waals surface area contributed by atoms with Crippen molar-refractivity contribution >= 4 is 11.4 Å². The van der Waals surface area contributed by atoms with E-state index in [1.807, 2.05) is 54.6 Å². The molecule has 0 fully saturated rings. The fourth-order valence-electron chi connectivity index (χ4n) is 4.53. The lowest BCUT2D eigenvalue weighted by atomic mass is 10.0. The highest BCUT2D eigenvalue weighted by Crippen LogP contribution is 2.22. The van der Waals surface area contributed by atoms with Crippen molar-refractivity contribution in [3.05, 3.63) is 94.8 Å². The highest BCUT2D eigenvalue weighted by atomic mass is 19.1. The lowest BCUT2D eigenvalue weighted by Crippen LogP contribution is -2.08. The number of hydrogen-bond acceptors (Lipinski definition) is 4. The third-order valence-electron chi connectivity index (χ3n) is 6.57. The van der Waals surface area contributed by atoms with E-state index >= 15 is 4.39 Å². The first kappa shape index (κ1) is 23.3. The fraction of sp³-hybridized carbons (Fsp3) is 0.333. The van der Waals surface area contributed by atoms with Gasteiger partial charge in [0.05, 0.1) is 0 Å². The first-order valence-electron chi connectivity index (χ1n) is 12.6. The van der Waals surface area contributed by atoms with Gasteiger partial charge in [0, 0.05) is 35.6 Å². The van der Waals surface area contributed by atoms with Gasteiger partial charge in [0.25, 0.3) is 0 Å². The van der Waals surface area contributed by atoms with E-state index in [0.29, 0.717) is 22.6 Å². The van der Waals surface area contributed by atoms with E-state index in [1.54, 1.807) is 12.1 Å². The molecule has 2 aliphatic heterocycles. The first-order valence-corrected chi connectivity index (χ1v) is 12.6. The summed E-state index contributed by atoms with van der Waals surface area (Å²) in [6.45, 7) is 2.15. The molecule has 180 valence electrons. The zero-order valence-corrected chi connectivity index (χ0v) is 20.0. The maximum atomic E-state index is 15.1. The Morgan fingerprint density at radius 3 is 1.46 bits per heavy atom. The molecule has 0 saturated carbocycles. The quantitative estimate of drug-likeness (QED) is 0.358. The van der Waals surface area contributed by atoms with Gasteiger partial charge in [-0.05, 0) is 98.2 Å². The molecule has 0 spiro atoms. The van der Waals surface area contributed by atoms with E-state index in [-0.39, 0.29) is 19.0 Å². The van der Waals surface area contributed by atoms with Gasteiger partial charge in [-0.25, -0.2) is 4.39 Å². The molecule has 4 nitrogen and oxygen atoms in total. The Morgan fingerprint density at radius 2 is 1.06 bits per heavy atom. The molecule has 0 atom stereocenters. The molecule has 2 heterocycles. The average Bonchev–Trinajstić information content (AvgIpc) is 2.93. The normalized spacial score (nSPS) is 15.8. The van der Waals surface area contributed by atoms with Crippen LogP contribution in [0, 0.1) is 5.82 Å². The van der Waals surface area contributed by atoms with Crippen LogP contribution in [-0.2, 0) is 13.2 Å². The summed E-state index contributed by atoms with van der Waals surface area (Å²) in [5.74, 6) is 1.15. The van der Waals surface area contributed by atoms with Gasteiger partial charge in [-0.2, -0.15) is 0 Å². The molecule has 3 aromatic carbocycles. The molecule has 0 saturated heterocycles. The smallest absolute Gasteiger partial charge is 0.136 e. The van der Waals surface area contributed by atoms with Crippen LogP contribution < -0.4 is 9.47 Å². The molecule has 2 aliphatic rings. The number of hydrogen-bond donors (Lipinski definition) is 0. The molecule has 0 bridgehead atoms. The van der Waals surface area contributed by atoms with E-state index in [9.17, 15) is 0 Å². The second-order valence-corrected chi connectivity index (χ2v) is 9.09. The van der Waals surface area contributed by atoms with Crippen LogP contribution >= 0.6 is 0 Å². The summed E-state index contributed by atoms with van der Waals surface area (Å²) in [4.78, 5) is 9.24. The van der Waals surface area contributed by atoms with Crippen LogP contribution in [0.4, 0.5) is 4.39 Å². The number of rotatable bonds is 8. The van der Waals surface area contributed by atoms with Crippen LogP contribution in [0.2, 0.25) is 0 Å². The number of ether oxygens (including phenoxy) is 2. The van der Waals surface area contributed by atoms with Gasteiger partial charge >= 0.3 is 0 Å². The van der Waals surface area contributed by atoms with Crippen LogP contribution in [0.5, 0.6) is 11.5 Å². The monoisotopic (exact) mass is 470 g/mol. The number of nitrogens with zero attached hydrogens (tertiary/aromatic N) is 2. The Balaban J connectivity index is 1.17. The predicted octanol–water partition coefficient (Wildman–Crippen LogP) is 6.93. The number of halogens is 1. The summed E-state index contributed by atoms with van der Waals surface area (Å²) in [7, 11) is 0. The summed E-state index contributed by atoms with van der Waals surface area (Å²) in [6.07, 6.45) is 6.78. The van der Waals surface area contributed by atoms with Crippen molar-refractivity contribution in [3.8, 4) is 11.5 Å². The van der Waals surface area contributed by atoms with Crippen molar-refractivity contribution in [1.82, 2.24) is 0 Å². The third kappa shape index (κ3) is 5.97. The molecule has 35 heavy (non-hydrogen) atoms. The number of aliphatic imine (C=N–C) groups is 2. The Bertz CT molecular complexity index is 1110. The van der Waals surface area contributed by atoms with Gasteiger partial charge < -0.3 is 9.47 Å². The van der Waals surface area contributed by atoms with Crippen molar-refractivity contribution < 1.29 is 13.9 Å². The Kier molecular flexibility index (Phi) is 7.52. The second kappa shape index (κ2) is 11.3. The van der Waals surface area contributed by atoms with Crippen molar-refractivity contribution in [2.75, 3.05) is 13.1 Å². The van der Waals surface area contributed by atoms with E-state index in [4.69, 9.17) is 9.47 Å². The van der Waals surface area contributed by atoms with E-state index in [2.05, 4.69) is 9.98 Å². The molecule has 0 unspecified atom stereocenters. The largest absolute Gasteiger partial charge is 0.489 e. The van der Waals surface area contributed by atoms with E-state index in [1.165, 1.54) is 37.1 Å². The van der Waals surface area contributed by atoms with Gasteiger partial charge in [-0.15, -0.1) is 0 Å². The minimum absolute atomic E-state index is 0.163. The second-order valence-electron chi connectivity index (χ2n) is 9.09. The standard InChI is InChI=1S/C30H31FN2O2/c31-30-24(20-34-26-14-10-22(11-15-26)28-8-1-3-18-32-28)6-5-7-25(30)21-35-27-16-12-23(13-17-27)29-9-2-4-19-33-29/h5-7,10-17H,1-4,8-9,18-21H2. The molecule has 0 radical (unpaired) electrons. The highest BCUT2D eigenvalue weighted by molar-refractivity contribution is 6.01. The third-order valence-corrected chi connectivity index (χ3v) is 6.57. The molecule has 3 aromatic rings. The van der Waals surface area contributed by atoms with Gasteiger partial charge in [0.2, 0.25) is 0 Å². The van der Waals surface area contributed by atoms with E-state index < -0.39 is 0 Å². The Hall–Kier alpha value is -3.47. The SMILES string of the molecule is Fc1c(COc2ccc(C3=NCCCC3)cc2)cccc1COc1ccc(C2=NCCCC2)cc1. The minimum atomic E-state index is -0.283. The highest BCUT2D eigenvalue weighted by Gasteiger charge is 2.12. The first-order chi connectivity index (χ1) is 17.3. The van der Waals surface area contributed by atoms with Crippen molar-refractivity contribution in [2.24, 2.45) is 9.98 Å². The Labute approximate surface area is 206 Å². The summed E-state index contributed by atoms with van der Waals surface area (Å²) in [5, 5.41) is 0. The van der Waals surface area contributed by atoms with Crippen LogP contribution in [0.1, 0.15) is 60.8 Å². The van der Waals surface area contributed by atoms with Gasteiger partial charge in [-0.1, -0.05) is 18.2 Å². The summed E-state index contributed by atoms with van der Waals surface area (Å²) in [5.41, 5.74) is 5.64. The van der Waals surface area contributed by atoms with E-state index in [0.717, 1.165) is 37.1 Å². The summed E-state index contributed by atoms with van der Waals surface area (Å²) in [6, 6.07) is 21.2. The van der Waals surface area contributed by atoms with Crippen molar-refractivity contribution in [2.45, 2.75) is 51.7 Å². The van der Waals surface area contributed by atoms with Crippen LogP contribution in [0.25, 0.3) is 0 Å². The molecule has 5 heteroatoms. The molecule has 5 rings (SSSR count). The van der Waals surface area contributed by atoms with Gasteiger partial charge in [-0.3, -0.25) is 9.98 Å². The average molecular weight is 471 g/mol. The molecule has 0 aromatic heterocycles. The van der Waals surface area contributed by atoms with Crippen molar-refractivity contribution in [1.29, 1.82) is 0 Å². The molecule has 0 N–H and O–H groups in total. The van der Waals surface area contributed by atoms with Crippen LogP contribution in [-0.4, -0.2) is 24.5 Å². The molecular weight excluding hydrogens is 439 g/mol. The van der Waals surface area contributed by atoms with Gasteiger partial charge in [0.15, 0.2) is 0 Å². The zero-order valence-electron chi connectivity index (χ0n) is 20.0. The number of benzene rings is 3. The molecular formula is C30H31FN2O2. The maximum Gasteiger partial charge on any atom is 0.136 e. The molecule has 0 aliphatic carbocycles. The summed E-state index contributed by atoms with van der Waals surface area (Å²) < 4.78 is 26.8. The maximum absolute atomic E-state index is 15.1. The van der Waals surface area contributed by atoms with Crippen LogP contribution in [0.3, 0.4) is 0 Å². The zero-order chi connectivity index (χ0) is 23.9. The predicted molar refractivity (Wildman–Crippen MR) is 138 cm³/mol. The lowest BCUT2D eigenvalue weighted by Gasteiger charge is -2.14. The van der Waals surface area contributed by atoms with Crippen molar-refractivity contribution in [3.63, 3.8) is 0 Å². The Morgan fingerprint density at radius 1 is 0.600 bits per heavy atom. The molecule has 0 amide bonds. The fourth-order valence-corrected chi connectivity index (χ4v) is 4.53. The lowest BCUT2D eigenvalue weighted by molar-refractivity contribution is 0.287. The minimum Gasteiger partial charge on any atom is -0.489 e. The topological polar surface area (TPSA) is 43.2 Å². The summed E-state index contributed by atoms with van der Waals surface area (Å²) >= 11 is 0. The van der Waals surface area contributed by atoms with Gasteiger partial charge in [0.1, 0.15) is 30.5 Å². The van der Waals surface area contributed by atoms with Crippen LogP contribution in [0.15, 0.2) is 76.7 Å².